The number of anilines is 1. The third-order valence-electron chi connectivity index (χ3n) is 4.56. The number of oxazole rings is 1. The molecule has 4 rings (SSSR count). The average Bonchev–Trinajstić information content (AvgIpc) is 3.17. The summed E-state index contributed by atoms with van der Waals surface area (Å²) in [6.07, 6.45) is 2.82. The number of hydrogen-bond acceptors (Lipinski definition) is 4. The molecule has 32 heavy (non-hydrogen) atoms. The number of benzene rings is 3. The minimum absolute atomic E-state index is 0.0255. The van der Waals surface area contributed by atoms with Crippen LogP contribution in [0.2, 0.25) is 0 Å². The highest BCUT2D eigenvalue weighted by molar-refractivity contribution is 9.10. The fourth-order valence-electron chi connectivity index (χ4n) is 3.09. The van der Waals surface area contributed by atoms with Crippen LogP contribution in [0.1, 0.15) is 11.1 Å². The van der Waals surface area contributed by atoms with E-state index in [2.05, 4.69) is 26.2 Å². The number of amides is 1. The summed E-state index contributed by atoms with van der Waals surface area (Å²) in [4.78, 5) is 27.4. The second-order valence-corrected chi connectivity index (χ2v) is 7.88. The van der Waals surface area contributed by atoms with Crippen molar-refractivity contribution in [3.8, 4) is 11.5 Å². The van der Waals surface area contributed by atoms with Crippen LogP contribution in [0.4, 0.5) is 10.1 Å². The highest BCUT2D eigenvalue weighted by atomic mass is 79.9. The molecule has 0 bridgehead atoms. The molecule has 8 heteroatoms. The molecule has 0 unspecified atom stereocenters. The van der Waals surface area contributed by atoms with E-state index < -0.39 is 17.7 Å². The van der Waals surface area contributed by atoms with Gasteiger partial charge < -0.3 is 14.8 Å². The van der Waals surface area contributed by atoms with Crippen LogP contribution in [0.25, 0.3) is 28.6 Å². The van der Waals surface area contributed by atoms with Crippen molar-refractivity contribution >= 4 is 50.7 Å². The van der Waals surface area contributed by atoms with Gasteiger partial charge in [-0.15, -0.1) is 0 Å². The average molecular weight is 495 g/mol. The molecule has 0 radical (unpaired) electrons. The number of hydrogen-bond donors (Lipinski definition) is 2. The van der Waals surface area contributed by atoms with E-state index in [1.54, 1.807) is 30.3 Å². The molecule has 1 heterocycles. The van der Waals surface area contributed by atoms with Crippen molar-refractivity contribution in [2.45, 2.75) is 6.42 Å². The van der Waals surface area contributed by atoms with Gasteiger partial charge in [-0.25, -0.2) is 9.37 Å². The number of nitrogens with zero attached hydrogens (tertiary/aromatic N) is 1. The van der Waals surface area contributed by atoms with Gasteiger partial charge in [-0.3, -0.25) is 9.59 Å². The van der Waals surface area contributed by atoms with Crippen LogP contribution >= 0.6 is 15.9 Å². The van der Waals surface area contributed by atoms with E-state index in [-0.39, 0.29) is 18.0 Å². The van der Waals surface area contributed by atoms with Crippen LogP contribution in [0.5, 0.6) is 0 Å². The topological polar surface area (TPSA) is 92.4 Å². The molecule has 0 spiro atoms. The molecular formula is C24H16BrFN2O4. The number of carbonyl (C=O) groups excluding carboxylic acids is 1. The lowest BCUT2D eigenvalue weighted by molar-refractivity contribution is -0.136. The fourth-order valence-corrected chi connectivity index (χ4v) is 3.50. The zero-order chi connectivity index (χ0) is 22.7. The Balaban J connectivity index is 1.50. The summed E-state index contributed by atoms with van der Waals surface area (Å²) in [5.41, 5.74) is 2.77. The Kier molecular flexibility index (Phi) is 6.13. The number of rotatable bonds is 6. The number of halogens is 2. The molecule has 0 atom stereocenters. The van der Waals surface area contributed by atoms with Gasteiger partial charge >= 0.3 is 5.97 Å². The van der Waals surface area contributed by atoms with Gasteiger partial charge in [0.2, 0.25) is 11.8 Å². The molecule has 0 saturated carbocycles. The maximum absolute atomic E-state index is 14.6. The van der Waals surface area contributed by atoms with Crippen molar-refractivity contribution in [3.63, 3.8) is 0 Å². The smallest absolute Gasteiger partial charge is 0.307 e. The highest BCUT2D eigenvalue weighted by Gasteiger charge is 2.13. The Labute approximate surface area is 190 Å². The second kappa shape index (κ2) is 9.15. The molecule has 2 N–H and O–H groups in total. The number of carbonyl (C=O) groups is 2. The molecule has 0 saturated heterocycles. The van der Waals surface area contributed by atoms with E-state index in [4.69, 9.17) is 9.52 Å². The number of carboxylic acids is 1. The number of carboxylic acid groups (broad SMARTS) is 1. The molecule has 160 valence electrons. The van der Waals surface area contributed by atoms with Crippen molar-refractivity contribution in [2.24, 2.45) is 0 Å². The van der Waals surface area contributed by atoms with E-state index in [1.165, 1.54) is 18.2 Å². The van der Waals surface area contributed by atoms with Crippen molar-refractivity contribution < 1.29 is 23.5 Å². The normalized spacial score (nSPS) is 11.2. The van der Waals surface area contributed by atoms with Crippen molar-refractivity contribution in [3.05, 3.63) is 88.2 Å². The molecule has 6 nitrogen and oxygen atoms in total. The number of fused-ring (bicyclic) bond motifs is 1. The van der Waals surface area contributed by atoms with Crippen molar-refractivity contribution in [2.75, 3.05) is 5.32 Å². The minimum atomic E-state index is -0.945. The molecule has 0 aliphatic heterocycles. The summed E-state index contributed by atoms with van der Waals surface area (Å²) in [6.45, 7) is 0. The quantitative estimate of drug-likeness (QED) is 0.336. The van der Waals surface area contributed by atoms with E-state index in [9.17, 15) is 14.0 Å². The third kappa shape index (κ3) is 5.09. The predicted octanol–water partition coefficient (Wildman–Crippen LogP) is 5.68. The highest BCUT2D eigenvalue weighted by Crippen LogP contribution is 2.28. The molecule has 0 aliphatic carbocycles. The molecule has 0 fully saturated rings. The number of aliphatic carboxylic acids is 1. The summed E-state index contributed by atoms with van der Waals surface area (Å²) in [5.74, 6) is -1.86. The second-order valence-electron chi connectivity index (χ2n) is 6.96. The Bertz CT molecular complexity index is 1360. The van der Waals surface area contributed by atoms with Crippen LogP contribution in [0, 0.1) is 5.82 Å². The zero-order valence-electron chi connectivity index (χ0n) is 16.5. The fraction of sp³-hybridized carbons (Fsp3) is 0.0417. The lowest BCUT2D eigenvalue weighted by Crippen LogP contribution is -2.09. The van der Waals surface area contributed by atoms with Gasteiger partial charge in [0.05, 0.1) is 12.1 Å². The first-order valence-electron chi connectivity index (χ1n) is 9.53. The number of nitrogens with one attached hydrogen (secondary N) is 1. The number of aromatic nitrogens is 1. The van der Waals surface area contributed by atoms with Gasteiger partial charge in [-0.1, -0.05) is 34.1 Å². The van der Waals surface area contributed by atoms with Gasteiger partial charge in [0.1, 0.15) is 11.3 Å². The molecule has 0 aliphatic rings. The summed E-state index contributed by atoms with van der Waals surface area (Å²) in [7, 11) is 0. The Morgan fingerprint density at radius 3 is 2.72 bits per heavy atom. The van der Waals surface area contributed by atoms with E-state index in [0.717, 1.165) is 10.0 Å². The van der Waals surface area contributed by atoms with Crippen LogP contribution in [0.15, 0.2) is 75.6 Å². The van der Waals surface area contributed by atoms with Gasteiger partial charge in [0.25, 0.3) is 0 Å². The van der Waals surface area contributed by atoms with Crippen LogP contribution in [0.3, 0.4) is 0 Å². The van der Waals surface area contributed by atoms with E-state index in [1.807, 2.05) is 24.3 Å². The molecule has 1 amide bonds. The Morgan fingerprint density at radius 1 is 1.12 bits per heavy atom. The summed E-state index contributed by atoms with van der Waals surface area (Å²) in [6, 6.07) is 16.5. The maximum Gasteiger partial charge on any atom is 0.307 e. The first-order chi connectivity index (χ1) is 15.4. The molecule has 3 aromatic carbocycles. The lowest BCUT2D eigenvalue weighted by Gasteiger charge is -2.05. The SMILES string of the molecule is O=C(O)Cc1ccc2oc(-c3ccc(NC(=O)C=Cc4cccc(Br)c4)c(F)c3)nc2c1. The zero-order valence-corrected chi connectivity index (χ0v) is 18.1. The van der Waals surface area contributed by atoms with Crippen LogP contribution in [-0.2, 0) is 16.0 Å². The first kappa shape index (κ1) is 21.5. The molecule has 1 aromatic heterocycles. The van der Waals surface area contributed by atoms with Crippen molar-refractivity contribution in [1.82, 2.24) is 4.98 Å². The Morgan fingerprint density at radius 2 is 1.97 bits per heavy atom. The predicted molar refractivity (Wildman–Crippen MR) is 123 cm³/mol. The van der Waals surface area contributed by atoms with E-state index in [0.29, 0.717) is 22.2 Å². The van der Waals surface area contributed by atoms with Gasteiger partial charge in [-0.05, 0) is 59.7 Å². The maximum atomic E-state index is 14.6. The standard InChI is InChI=1S/C24H16BrFN2O4/c25-17-3-1-2-14(10-17)5-9-22(29)27-19-7-6-16(13-18(19)26)24-28-20-11-15(12-23(30)31)4-8-21(20)32-24/h1-11,13H,12H2,(H,27,29)(H,30,31). The molecule has 4 aromatic rings. The summed E-state index contributed by atoms with van der Waals surface area (Å²) in [5, 5.41) is 11.4. The van der Waals surface area contributed by atoms with Crippen LogP contribution in [-0.4, -0.2) is 22.0 Å². The molecular weight excluding hydrogens is 479 g/mol. The van der Waals surface area contributed by atoms with Crippen LogP contribution < -0.4 is 5.32 Å². The van der Waals surface area contributed by atoms with Gasteiger partial charge in [0.15, 0.2) is 5.58 Å². The largest absolute Gasteiger partial charge is 0.481 e. The monoisotopic (exact) mass is 494 g/mol. The van der Waals surface area contributed by atoms with Gasteiger partial charge in [-0.2, -0.15) is 0 Å². The minimum Gasteiger partial charge on any atom is -0.481 e. The summed E-state index contributed by atoms with van der Waals surface area (Å²) < 4.78 is 21.1. The Hall–Kier alpha value is -3.78. The third-order valence-corrected chi connectivity index (χ3v) is 5.05. The lowest BCUT2D eigenvalue weighted by atomic mass is 10.1. The van der Waals surface area contributed by atoms with Crippen molar-refractivity contribution in [1.29, 1.82) is 0 Å². The van der Waals surface area contributed by atoms with E-state index >= 15 is 0 Å². The first-order valence-corrected chi connectivity index (χ1v) is 10.3. The summed E-state index contributed by atoms with van der Waals surface area (Å²) >= 11 is 3.36. The van der Waals surface area contributed by atoms with Gasteiger partial charge in [0, 0.05) is 16.1 Å².